The molecule has 27 heavy (non-hydrogen) atoms. The van der Waals surface area contributed by atoms with Crippen LogP contribution in [0, 0.1) is 6.92 Å². The number of aromatic nitrogens is 1. The van der Waals surface area contributed by atoms with Crippen LogP contribution in [0.2, 0.25) is 0 Å². The molecule has 0 atom stereocenters. The molecule has 5 nitrogen and oxygen atoms in total. The van der Waals surface area contributed by atoms with E-state index in [-0.39, 0.29) is 5.91 Å². The molecule has 3 rings (SSSR count). The average molecular weight is 398 g/mol. The van der Waals surface area contributed by atoms with Crippen molar-refractivity contribution < 1.29 is 18.0 Å². The third kappa shape index (κ3) is 4.41. The second-order valence-electron chi connectivity index (χ2n) is 6.49. The van der Waals surface area contributed by atoms with E-state index in [2.05, 4.69) is 14.6 Å². The summed E-state index contributed by atoms with van der Waals surface area (Å²) in [7, 11) is 1.76. The zero-order valence-corrected chi connectivity index (χ0v) is 16.0. The molecule has 9 heteroatoms. The minimum atomic E-state index is -4.33. The van der Waals surface area contributed by atoms with E-state index >= 15 is 0 Å². The lowest BCUT2D eigenvalue weighted by Crippen LogP contribution is -2.48. The Kier molecular flexibility index (Phi) is 5.71. The highest BCUT2D eigenvalue weighted by Gasteiger charge is 2.31. The number of anilines is 1. The van der Waals surface area contributed by atoms with Crippen LogP contribution in [0.1, 0.15) is 27.2 Å². The Balaban J connectivity index is 1.61. The molecule has 1 aromatic heterocycles. The van der Waals surface area contributed by atoms with Gasteiger partial charge in [0.1, 0.15) is 5.00 Å². The number of benzene rings is 1. The van der Waals surface area contributed by atoms with Crippen molar-refractivity contribution in [3.63, 3.8) is 0 Å². The number of nitrogens with zero attached hydrogens (tertiary/aromatic N) is 3. The molecular formula is C18H21F3N4OS. The van der Waals surface area contributed by atoms with Crippen LogP contribution in [0.15, 0.2) is 24.3 Å². The quantitative estimate of drug-likeness (QED) is 0.857. The van der Waals surface area contributed by atoms with Crippen molar-refractivity contribution in [2.24, 2.45) is 0 Å². The number of nitrogens with one attached hydrogen (secondary N) is 1. The molecule has 1 saturated heterocycles. The van der Waals surface area contributed by atoms with Crippen LogP contribution in [-0.4, -0.2) is 53.3 Å². The fourth-order valence-corrected chi connectivity index (χ4v) is 3.90. The van der Waals surface area contributed by atoms with Gasteiger partial charge in [0.25, 0.3) is 5.91 Å². The smallest absolute Gasteiger partial charge is 0.378 e. The van der Waals surface area contributed by atoms with Gasteiger partial charge in [0.05, 0.1) is 16.8 Å². The Morgan fingerprint density at radius 2 is 1.96 bits per heavy atom. The molecule has 0 spiro atoms. The van der Waals surface area contributed by atoms with Crippen LogP contribution < -0.4 is 5.32 Å². The van der Waals surface area contributed by atoms with Gasteiger partial charge in [-0.05, 0) is 30.1 Å². The summed E-state index contributed by atoms with van der Waals surface area (Å²) in [5.74, 6) is -0.0516. The summed E-state index contributed by atoms with van der Waals surface area (Å²) >= 11 is 1.26. The van der Waals surface area contributed by atoms with E-state index < -0.39 is 11.7 Å². The Morgan fingerprint density at radius 1 is 1.26 bits per heavy atom. The SMILES string of the molecule is CNc1snc(C)c1C(=O)N1CCN(Cc2cccc(C(F)(F)F)c2)CC1. The second-order valence-corrected chi connectivity index (χ2v) is 7.26. The number of hydrogen-bond acceptors (Lipinski definition) is 5. The van der Waals surface area contributed by atoms with Gasteiger partial charge in [-0.1, -0.05) is 18.2 Å². The molecule has 1 aliphatic heterocycles. The summed E-state index contributed by atoms with van der Waals surface area (Å²) in [4.78, 5) is 16.6. The maximum absolute atomic E-state index is 12.8. The van der Waals surface area contributed by atoms with Crippen LogP contribution in [-0.2, 0) is 12.7 Å². The molecule has 1 aromatic carbocycles. The van der Waals surface area contributed by atoms with Gasteiger partial charge < -0.3 is 10.2 Å². The lowest BCUT2D eigenvalue weighted by Gasteiger charge is -2.35. The lowest BCUT2D eigenvalue weighted by atomic mass is 10.1. The zero-order valence-electron chi connectivity index (χ0n) is 15.1. The summed E-state index contributed by atoms with van der Waals surface area (Å²) in [5.41, 5.74) is 1.31. The van der Waals surface area contributed by atoms with Crippen LogP contribution in [0.3, 0.4) is 0 Å². The van der Waals surface area contributed by atoms with E-state index in [9.17, 15) is 18.0 Å². The number of amides is 1. The monoisotopic (exact) mass is 398 g/mol. The van der Waals surface area contributed by atoms with Gasteiger partial charge in [-0.2, -0.15) is 17.5 Å². The highest BCUT2D eigenvalue weighted by Crippen LogP contribution is 2.30. The molecule has 1 N–H and O–H groups in total. The van der Waals surface area contributed by atoms with Gasteiger partial charge in [-0.3, -0.25) is 9.69 Å². The van der Waals surface area contributed by atoms with Crippen LogP contribution in [0.4, 0.5) is 18.2 Å². The number of halogens is 3. The molecule has 0 radical (unpaired) electrons. The van der Waals surface area contributed by atoms with E-state index in [1.807, 2.05) is 6.92 Å². The Hall–Kier alpha value is -2.13. The number of alkyl halides is 3. The summed E-state index contributed by atoms with van der Waals surface area (Å²) in [6.45, 7) is 4.56. The van der Waals surface area contributed by atoms with Crippen molar-refractivity contribution in [3.05, 3.63) is 46.6 Å². The molecule has 1 aliphatic rings. The Bertz CT molecular complexity index is 813. The first-order chi connectivity index (χ1) is 12.8. The Labute approximate surface area is 159 Å². The number of piperazine rings is 1. The van der Waals surface area contributed by atoms with Gasteiger partial charge in [-0.15, -0.1) is 0 Å². The van der Waals surface area contributed by atoms with E-state index in [1.54, 1.807) is 18.0 Å². The summed E-state index contributed by atoms with van der Waals surface area (Å²) in [5, 5.41) is 3.76. The van der Waals surface area contributed by atoms with Crippen molar-refractivity contribution in [2.45, 2.75) is 19.6 Å². The zero-order chi connectivity index (χ0) is 19.6. The number of carbonyl (C=O) groups is 1. The molecule has 2 heterocycles. The van der Waals surface area contributed by atoms with Crippen molar-refractivity contribution in [3.8, 4) is 0 Å². The number of carbonyl (C=O) groups excluding carboxylic acids is 1. The van der Waals surface area contributed by atoms with E-state index in [0.717, 1.165) is 11.1 Å². The lowest BCUT2D eigenvalue weighted by molar-refractivity contribution is -0.137. The molecule has 0 saturated carbocycles. The maximum Gasteiger partial charge on any atom is 0.416 e. The molecule has 146 valence electrons. The summed E-state index contributed by atoms with van der Waals surface area (Å²) in [6.07, 6.45) is -4.33. The minimum absolute atomic E-state index is 0.0516. The highest BCUT2D eigenvalue weighted by atomic mass is 32.1. The molecule has 1 fully saturated rings. The van der Waals surface area contributed by atoms with Gasteiger partial charge >= 0.3 is 6.18 Å². The normalized spacial score (nSPS) is 15.8. The first kappa shape index (κ1) is 19.6. The van der Waals surface area contributed by atoms with Crippen molar-refractivity contribution in [2.75, 3.05) is 38.5 Å². The highest BCUT2D eigenvalue weighted by molar-refractivity contribution is 7.10. The standard InChI is InChI=1S/C18H21F3N4OS/c1-12-15(16(22-2)27-23-12)17(26)25-8-6-24(7-9-25)11-13-4-3-5-14(10-13)18(19,20)21/h3-5,10,22H,6-9,11H2,1-2H3. The van der Waals surface area contributed by atoms with Crippen LogP contribution >= 0.6 is 11.5 Å². The fourth-order valence-electron chi connectivity index (χ4n) is 3.16. The van der Waals surface area contributed by atoms with Crippen molar-refractivity contribution >= 4 is 22.4 Å². The Morgan fingerprint density at radius 3 is 2.59 bits per heavy atom. The molecule has 0 unspecified atom stereocenters. The second kappa shape index (κ2) is 7.85. The third-order valence-corrected chi connectivity index (χ3v) is 5.58. The first-order valence-corrected chi connectivity index (χ1v) is 9.38. The molecule has 0 aliphatic carbocycles. The topological polar surface area (TPSA) is 48.5 Å². The summed E-state index contributed by atoms with van der Waals surface area (Å²) < 4.78 is 42.8. The predicted octanol–water partition coefficient (Wildman–Crippen LogP) is 3.47. The number of aryl methyl sites for hydroxylation is 1. The maximum atomic E-state index is 12.8. The predicted molar refractivity (Wildman–Crippen MR) is 99.0 cm³/mol. The number of hydrogen-bond donors (Lipinski definition) is 1. The van der Waals surface area contributed by atoms with Gasteiger partial charge in [0.15, 0.2) is 0 Å². The van der Waals surface area contributed by atoms with E-state index in [4.69, 9.17) is 0 Å². The van der Waals surface area contributed by atoms with E-state index in [0.29, 0.717) is 49.5 Å². The molecule has 1 amide bonds. The van der Waals surface area contributed by atoms with Crippen LogP contribution in [0.5, 0.6) is 0 Å². The van der Waals surface area contributed by atoms with Gasteiger partial charge in [-0.25, -0.2) is 0 Å². The molecule has 0 bridgehead atoms. The largest absolute Gasteiger partial charge is 0.416 e. The number of rotatable bonds is 4. The third-order valence-electron chi connectivity index (χ3n) is 4.62. The van der Waals surface area contributed by atoms with Gasteiger partial charge in [0.2, 0.25) is 0 Å². The van der Waals surface area contributed by atoms with Gasteiger partial charge in [0, 0.05) is 39.8 Å². The van der Waals surface area contributed by atoms with Crippen molar-refractivity contribution in [1.82, 2.24) is 14.2 Å². The average Bonchev–Trinajstić information content (AvgIpc) is 3.02. The first-order valence-electron chi connectivity index (χ1n) is 8.61. The van der Waals surface area contributed by atoms with Crippen molar-refractivity contribution in [1.29, 1.82) is 0 Å². The van der Waals surface area contributed by atoms with E-state index in [1.165, 1.54) is 23.7 Å². The summed E-state index contributed by atoms with van der Waals surface area (Å²) in [6, 6.07) is 5.41. The van der Waals surface area contributed by atoms with Crippen LogP contribution in [0.25, 0.3) is 0 Å². The molecule has 2 aromatic rings. The molecular weight excluding hydrogens is 377 g/mol. The fraction of sp³-hybridized carbons (Fsp3) is 0.444. The minimum Gasteiger partial charge on any atom is -0.378 e.